The van der Waals surface area contributed by atoms with Crippen molar-refractivity contribution in [2.75, 3.05) is 19.6 Å². The van der Waals surface area contributed by atoms with E-state index in [1.165, 1.54) is 0 Å². The molecule has 7 nitrogen and oxygen atoms in total. The van der Waals surface area contributed by atoms with Gasteiger partial charge in [0.1, 0.15) is 0 Å². The molecule has 2 heterocycles. The van der Waals surface area contributed by atoms with Gasteiger partial charge in [-0.25, -0.2) is 9.67 Å². The topological polar surface area (TPSA) is 88.5 Å². The quantitative estimate of drug-likeness (QED) is 0.366. The second kappa shape index (κ2) is 11.0. The number of guanidine groups is 1. The van der Waals surface area contributed by atoms with Crippen molar-refractivity contribution in [3.8, 4) is 5.69 Å². The van der Waals surface area contributed by atoms with Gasteiger partial charge in [-0.3, -0.25) is 4.79 Å². The predicted molar refractivity (Wildman–Crippen MR) is 122 cm³/mol. The number of likely N-dealkylation sites (tertiary alicyclic amines) is 1. The molecule has 1 aromatic carbocycles. The van der Waals surface area contributed by atoms with Gasteiger partial charge in [0.05, 0.1) is 12.2 Å². The Morgan fingerprint density at radius 1 is 1.36 bits per heavy atom. The van der Waals surface area contributed by atoms with Crippen LogP contribution in [0.5, 0.6) is 0 Å². The van der Waals surface area contributed by atoms with Gasteiger partial charge in [-0.2, -0.15) is 5.10 Å². The zero-order valence-electron chi connectivity index (χ0n) is 16.3. The van der Waals surface area contributed by atoms with Crippen molar-refractivity contribution in [1.82, 2.24) is 20.0 Å². The summed E-state index contributed by atoms with van der Waals surface area (Å²) in [7, 11) is 0. The summed E-state index contributed by atoms with van der Waals surface area (Å²) in [5.74, 6) is 0.998. The standard InChI is InChI=1S/C20H28N6O.HI/c1-2-22-20(25-11-3-5-17(15-25)13-19(21)27)23-14-16-6-8-18(9-7-16)26-12-4-10-24-26;/h4,6-10,12,17H,2-3,5,11,13-15H2,1H3,(H2,21,27)(H,22,23);1H. The minimum absolute atomic E-state index is 0. The Labute approximate surface area is 183 Å². The highest BCUT2D eigenvalue weighted by Crippen LogP contribution is 2.19. The SMILES string of the molecule is CCNC(=NCc1ccc(-n2cccn2)cc1)N1CCCC(CC(N)=O)C1.I. The number of carbonyl (C=O) groups excluding carboxylic acids is 1. The molecule has 28 heavy (non-hydrogen) atoms. The summed E-state index contributed by atoms with van der Waals surface area (Å²) in [6.07, 6.45) is 6.25. The first-order valence-electron chi connectivity index (χ1n) is 9.56. The van der Waals surface area contributed by atoms with E-state index in [0.29, 0.717) is 18.9 Å². The molecule has 3 rings (SSSR count). The van der Waals surface area contributed by atoms with Gasteiger partial charge in [0.15, 0.2) is 5.96 Å². The van der Waals surface area contributed by atoms with E-state index in [4.69, 9.17) is 10.7 Å². The number of amides is 1. The molecule has 3 N–H and O–H groups in total. The molecule has 0 bridgehead atoms. The first kappa shape index (κ1) is 22.2. The predicted octanol–water partition coefficient (Wildman–Crippen LogP) is 2.54. The monoisotopic (exact) mass is 496 g/mol. The Kier molecular flexibility index (Phi) is 8.75. The summed E-state index contributed by atoms with van der Waals surface area (Å²) < 4.78 is 1.84. The fourth-order valence-corrected chi connectivity index (χ4v) is 3.48. The Morgan fingerprint density at radius 2 is 2.14 bits per heavy atom. The molecular formula is C20H29IN6O. The van der Waals surface area contributed by atoms with Crippen LogP contribution in [0.15, 0.2) is 47.7 Å². The van der Waals surface area contributed by atoms with Gasteiger partial charge in [0, 0.05) is 38.4 Å². The number of carbonyl (C=O) groups is 1. The lowest BCUT2D eigenvalue weighted by atomic mass is 9.95. The average Bonchev–Trinajstić information content (AvgIpc) is 3.20. The highest BCUT2D eigenvalue weighted by atomic mass is 127. The van der Waals surface area contributed by atoms with Crippen molar-refractivity contribution < 1.29 is 4.79 Å². The first-order valence-corrected chi connectivity index (χ1v) is 9.56. The molecule has 1 fully saturated rings. The van der Waals surface area contributed by atoms with E-state index in [2.05, 4.69) is 46.5 Å². The Balaban J connectivity index is 0.00000280. The second-order valence-electron chi connectivity index (χ2n) is 6.91. The van der Waals surface area contributed by atoms with Gasteiger partial charge in [0.2, 0.25) is 5.91 Å². The molecule has 0 saturated carbocycles. The van der Waals surface area contributed by atoms with Crippen LogP contribution in [-0.4, -0.2) is 46.2 Å². The number of rotatable bonds is 6. The van der Waals surface area contributed by atoms with Crippen LogP contribution in [0.1, 0.15) is 31.7 Å². The molecule has 1 aliphatic heterocycles. The summed E-state index contributed by atoms with van der Waals surface area (Å²) in [6.45, 7) is 5.28. The normalized spacial score (nSPS) is 17.1. The van der Waals surface area contributed by atoms with Gasteiger partial charge >= 0.3 is 0 Å². The number of benzene rings is 1. The molecule has 1 atom stereocenters. The minimum atomic E-state index is -0.221. The zero-order chi connectivity index (χ0) is 19.1. The fourth-order valence-electron chi connectivity index (χ4n) is 3.48. The maximum absolute atomic E-state index is 11.2. The number of nitrogens with one attached hydrogen (secondary N) is 1. The molecule has 1 aliphatic rings. The lowest BCUT2D eigenvalue weighted by Crippen LogP contribution is -2.47. The molecule has 1 unspecified atom stereocenters. The number of primary amides is 1. The number of nitrogens with two attached hydrogens (primary N) is 1. The van der Waals surface area contributed by atoms with Crippen molar-refractivity contribution in [1.29, 1.82) is 0 Å². The molecule has 0 aliphatic carbocycles. The van der Waals surface area contributed by atoms with Crippen molar-refractivity contribution in [2.24, 2.45) is 16.6 Å². The zero-order valence-corrected chi connectivity index (χ0v) is 18.6. The maximum atomic E-state index is 11.2. The van der Waals surface area contributed by atoms with Crippen molar-refractivity contribution in [2.45, 2.75) is 32.7 Å². The molecule has 2 aromatic rings. The first-order chi connectivity index (χ1) is 13.2. The van der Waals surface area contributed by atoms with E-state index in [1.54, 1.807) is 6.20 Å². The summed E-state index contributed by atoms with van der Waals surface area (Å²) in [5, 5.41) is 7.62. The van der Waals surface area contributed by atoms with Gasteiger partial charge in [-0.05, 0) is 49.4 Å². The van der Waals surface area contributed by atoms with Gasteiger partial charge in [-0.1, -0.05) is 12.1 Å². The van der Waals surface area contributed by atoms with E-state index in [9.17, 15) is 4.79 Å². The largest absolute Gasteiger partial charge is 0.370 e. The van der Waals surface area contributed by atoms with Crippen LogP contribution in [0.3, 0.4) is 0 Å². The van der Waals surface area contributed by atoms with Crippen molar-refractivity contribution in [3.63, 3.8) is 0 Å². The van der Waals surface area contributed by atoms with Gasteiger partial charge in [-0.15, -0.1) is 24.0 Å². The smallest absolute Gasteiger partial charge is 0.217 e. The minimum Gasteiger partial charge on any atom is -0.370 e. The lowest BCUT2D eigenvalue weighted by molar-refractivity contribution is -0.119. The lowest BCUT2D eigenvalue weighted by Gasteiger charge is -2.34. The molecule has 0 spiro atoms. The van der Waals surface area contributed by atoms with Crippen LogP contribution in [0, 0.1) is 5.92 Å². The van der Waals surface area contributed by atoms with Crippen molar-refractivity contribution in [3.05, 3.63) is 48.3 Å². The molecule has 1 saturated heterocycles. The summed E-state index contributed by atoms with van der Waals surface area (Å²) in [6, 6.07) is 10.2. The number of nitrogens with zero attached hydrogens (tertiary/aromatic N) is 4. The average molecular weight is 496 g/mol. The summed E-state index contributed by atoms with van der Waals surface area (Å²) in [5.41, 5.74) is 7.55. The van der Waals surface area contributed by atoms with Crippen LogP contribution in [0.2, 0.25) is 0 Å². The third-order valence-electron chi connectivity index (χ3n) is 4.76. The molecule has 1 aromatic heterocycles. The molecule has 1 amide bonds. The molecule has 8 heteroatoms. The van der Waals surface area contributed by atoms with E-state index < -0.39 is 0 Å². The van der Waals surface area contributed by atoms with Crippen LogP contribution < -0.4 is 11.1 Å². The Bertz CT molecular complexity index is 760. The van der Waals surface area contributed by atoms with Gasteiger partial charge < -0.3 is 16.0 Å². The van der Waals surface area contributed by atoms with E-state index in [1.807, 2.05) is 16.9 Å². The number of hydrogen-bond acceptors (Lipinski definition) is 3. The Hall–Kier alpha value is -2.10. The van der Waals surface area contributed by atoms with Crippen molar-refractivity contribution >= 4 is 35.8 Å². The number of piperidine rings is 1. The summed E-state index contributed by atoms with van der Waals surface area (Å²) in [4.78, 5) is 18.3. The van der Waals surface area contributed by atoms with Crippen LogP contribution >= 0.6 is 24.0 Å². The Morgan fingerprint density at radius 3 is 2.79 bits per heavy atom. The molecule has 152 valence electrons. The third kappa shape index (κ3) is 6.22. The number of halogens is 1. The van der Waals surface area contributed by atoms with Crippen LogP contribution in [0.25, 0.3) is 5.69 Å². The van der Waals surface area contributed by atoms with E-state index >= 15 is 0 Å². The fraction of sp³-hybridized carbons (Fsp3) is 0.450. The number of aromatic nitrogens is 2. The van der Waals surface area contributed by atoms with Gasteiger partial charge in [0.25, 0.3) is 0 Å². The highest BCUT2D eigenvalue weighted by Gasteiger charge is 2.23. The third-order valence-corrected chi connectivity index (χ3v) is 4.76. The molecular weight excluding hydrogens is 467 g/mol. The maximum Gasteiger partial charge on any atom is 0.217 e. The molecule has 0 radical (unpaired) electrons. The van der Waals surface area contributed by atoms with Crippen LogP contribution in [0.4, 0.5) is 0 Å². The highest BCUT2D eigenvalue weighted by molar-refractivity contribution is 14.0. The van der Waals surface area contributed by atoms with E-state index in [-0.39, 0.29) is 29.9 Å². The van der Waals surface area contributed by atoms with E-state index in [0.717, 1.165) is 49.7 Å². The number of hydrogen-bond donors (Lipinski definition) is 2. The van der Waals surface area contributed by atoms with Crippen LogP contribution in [-0.2, 0) is 11.3 Å². The second-order valence-corrected chi connectivity index (χ2v) is 6.91. The summed E-state index contributed by atoms with van der Waals surface area (Å²) >= 11 is 0. The number of aliphatic imine (C=N–C) groups is 1.